The van der Waals surface area contributed by atoms with Crippen molar-refractivity contribution in [3.05, 3.63) is 83.9 Å². The van der Waals surface area contributed by atoms with Crippen molar-refractivity contribution >= 4 is 23.3 Å². The van der Waals surface area contributed by atoms with Crippen LogP contribution in [0, 0.1) is 0 Å². The quantitative estimate of drug-likeness (QED) is 0.426. The molecule has 3 aromatic carbocycles. The molecule has 0 atom stereocenters. The maximum absolute atomic E-state index is 12.2. The molecule has 0 aliphatic heterocycles. The molecule has 4 N–H and O–H groups in total. The predicted molar refractivity (Wildman–Crippen MR) is 98.1 cm³/mol. The summed E-state index contributed by atoms with van der Waals surface area (Å²) < 4.78 is 10.6. The van der Waals surface area contributed by atoms with Crippen LogP contribution >= 0.6 is 0 Å². The molecule has 130 valence electrons. The van der Waals surface area contributed by atoms with Gasteiger partial charge in [0.1, 0.15) is 11.5 Å². The summed E-state index contributed by atoms with van der Waals surface area (Å²) in [5.41, 5.74) is 12.9. The average Bonchev–Trinajstić information content (AvgIpc) is 2.63. The van der Waals surface area contributed by atoms with Gasteiger partial charge in [0.2, 0.25) is 0 Å². The number of anilines is 2. The highest BCUT2D eigenvalue weighted by Gasteiger charge is 2.13. The summed E-state index contributed by atoms with van der Waals surface area (Å²) in [6.45, 7) is 0. The average molecular weight is 348 g/mol. The molecule has 3 aromatic rings. The van der Waals surface area contributed by atoms with Crippen molar-refractivity contribution in [3.63, 3.8) is 0 Å². The van der Waals surface area contributed by atoms with E-state index >= 15 is 0 Å². The third kappa shape index (κ3) is 3.99. The van der Waals surface area contributed by atoms with E-state index in [4.69, 9.17) is 20.9 Å². The van der Waals surface area contributed by atoms with Crippen LogP contribution in [0.25, 0.3) is 0 Å². The Morgan fingerprint density at radius 3 is 1.96 bits per heavy atom. The first-order valence-electron chi connectivity index (χ1n) is 7.77. The normalized spacial score (nSPS) is 10.2. The molecule has 0 aliphatic rings. The molecule has 0 saturated heterocycles. The molecule has 0 fully saturated rings. The third-order valence-electron chi connectivity index (χ3n) is 3.55. The topological polar surface area (TPSA) is 105 Å². The van der Waals surface area contributed by atoms with E-state index < -0.39 is 11.9 Å². The van der Waals surface area contributed by atoms with Gasteiger partial charge in [0.05, 0.1) is 11.1 Å². The van der Waals surface area contributed by atoms with E-state index in [1.165, 1.54) is 6.07 Å². The molecule has 26 heavy (non-hydrogen) atoms. The largest absolute Gasteiger partial charge is 0.423 e. The van der Waals surface area contributed by atoms with Crippen LogP contribution in [0.3, 0.4) is 0 Å². The molecular formula is C20H16N2O4. The number of esters is 2. The van der Waals surface area contributed by atoms with Gasteiger partial charge in [-0.15, -0.1) is 0 Å². The lowest BCUT2D eigenvalue weighted by atomic mass is 10.2. The van der Waals surface area contributed by atoms with Gasteiger partial charge < -0.3 is 20.9 Å². The van der Waals surface area contributed by atoms with Gasteiger partial charge in [-0.1, -0.05) is 18.2 Å². The molecular weight excluding hydrogens is 332 g/mol. The number of ether oxygens (including phenoxy) is 2. The fourth-order valence-electron chi connectivity index (χ4n) is 2.23. The highest BCUT2D eigenvalue weighted by molar-refractivity contribution is 5.96. The molecule has 0 amide bonds. The molecule has 0 aromatic heterocycles. The molecule has 3 rings (SSSR count). The first-order valence-corrected chi connectivity index (χ1v) is 7.77. The van der Waals surface area contributed by atoms with Crippen LogP contribution in [0.5, 0.6) is 11.5 Å². The summed E-state index contributed by atoms with van der Waals surface area (Å²) >= 11 is 0. The van der Waals surface area contributed by atoms with Gasteiger partial charge in [-0.25, -0.2) is 9.59 Å². The summed E-state index contributed by atoms with van der Waals surface area (Å²) in [5, 5.41) is 0. The first kappa shape index (κ1) is 17.0. The zero-order chi connectivity index (χ0) is 18.5. The fourth-order valence-corrected chi connectivity index (χ4v) is 2.23. The Labute approximate surface area is 150 Å². The van der Waals surface area contributed by atoms with E-state index in [9.17, 15) is 9.59 Å². The number of nitrogen functional groups attached to an aromatic ring is 2. The summed E-state index contributed by atoms with van der Waals surface area (Å²) in [4.78, 5) is 24.3. The zero-order valence-electron chi connectivity index (χ0n) is 13.7. The number of para-hydroxylation sites is 1. The minimum absolute atomic E-state index is 0.237. The molecule has 0 bridgehead atoms. The molecule has 6 heteroatoms. The van der Waals surface area contributed by atoms with Crippen molar-refractivity contribution < 1.29 is 19.1 Å². The number of hydrogen-bond donors (Lipinski definition) is 2. The van der Waals surface area contributed by atoms with Crippen LogP contribution in [0.2, 0.25) is 0 Å². The summed E-state index contributed by atoms with van der Waals surface area (Å²) in [7, 11) is 0. The van der Waals surface area contributed by atoms with Crippen molar-refractivity contribution in [2.75, 3.05) is 11.5 Å². The smallest absolute Gasteiger partial charge is 0.345 e. The molecule has 0 heterocycles. The van der Waals surface area contributed by atoms with Gasteiger partial charge in [-0.2, -0.15) is 0 Å². The molecule has 0 unspecified atom stereocenters. The van der Waals surface area contributed by atoms with Gasteiger partial charge >= 0.3 is 11.9 Å². The monoisotopic (exact) mass is 348 g/mol. The lowest BCUT2D eigenvalue weighted by Crippen LogP contribution is -2.11. The Balaban J connectivity index is 1.72. The van der Waals surface area contributed by atoms with Crippen molar-refractivity contribution in [1.29, 1.82) is 0 Å². The number of hydrogen-bond acceptors (Lipinski definition) is 6. The van der Waals surface area contributed by atoms with Crippen LogP contribution in [0.15, 0.2) is 72.8 Å². The standard InChI is InChI=1S/C20H16N2O4/c21-14-10-8-13(9-11-14)19(23)25-15-4-3-5-16(12-15)26-20(24)17-6-1-2-7-18(17)22/h1-12H,21-22H2. The van der Waals surface area contributed by atoms with Gasteiger partial charge in [0, 0.05) is 17.4 Å². The number of benzene rings is 3. The number of carbonyl (C=O) groups excluding carboxylic acids is 2. The molecule has 0 saturated carbocycles. The van der Waals surface area contributed by atoms with Crippen LogP contribution in [-0.2, 0) is 0 Å². The van der Waals surface area contributed by atoms with E-state index in [1.54, 1.807) is 66.7 Å². The van der Waals surface area contributed by atoms with Crippen LogP contribution < -0.4 is 20.9 Å². The fraction of sp³-hybridized carbons (Fsp3) is 0. The molecule has 0 aliphatic carbocycles. The summed E-state index contributed by atoms with van der Waals surface area (Å²) in [5.74, 6) is -0.648. The Hall–Kier alpha value is -3.80. The number of nitrogens with two attached hydrogens (primary N) is 2. The molecule has 6 nitrogen and oxygen atoms in total. The molecule has 0 radical (unpaired) electrons. The Kier molecular flexibility index (Phi) is 4.85. The van der Waals surface area contributed by atoms with E-state index in [2.05, 4.69) is 0 Å². The second-order valence-corrected chi connectivity index (χ2v) is 5.46. The maximum Gasteiger partial charge on any atom is 0.345 e. The van der Waals surface area contributed by atoms with Gasteiger partial charge in [-0.3, -0.25) is 0 Å². The SMILES string of the molecule is Nc1ccc(C(=O)Oc2cccc(OC(=O)c3ccccc3N)c2)cc1. The minimum Gasteiger partial charge on any atom is -0.423 e. The highest BCUT2D eigenvalue weighted by atomic mass is 16.5. The first-order chi connectivity index (χ1) is 12.5. The van der Waals surface area contributed by atoms with Crippen molar-refractivity contribution in [1.82, 2.24) is 0 Å². The third-order valence-corrected chi connectivity index (χ3v) is 3.55. The van der Waals surface area contributed by atoms with Crippen LogP contribution in [0.1, 0.15) is 20.7 Å². The Morgan fingerprint density at radius 2 is 1.31 bits per heavy atom. The Bertz CT molecular complexity index is 952. The number of rotatable bonds is 4. The van der Waals surface area contributed by atoms with Crippen LogP contribution in [-0.4, -0.2) is 11.9 Å². The van der Waals surface area contributed by atoms with E-state index in [0.29, 0.717) is 16.9 Å². The van der Waals surface area contributed by atoms with Gasteiger partial charge in [0.15, 0.2) is 0 Å². The zero-order valence-corrected chi connectivity index (χ0v) is 13.7. The van der Waals surface area contributed by atoms with Crippen LogP contribution in [0.4, 0.5) is 11.4 Å². The van der Waals surface area contributed by atoms with Crippen molar-refractivity contribution in [2.45, 2.75) is 0 Å². The molecule has 0 spiro atoms. The lowest BCUT2D eigenvalue weighted by Gasteiger charge is -2.08. The predicted octanol–water partition coefficient (Wildman–Crippen LogP) is 3.29. The highest BCUT2D eigenvalue weighted by Crippen LogP contribution is 2.22. The lowest BCUT2D eigenvalue weighted by molar-refractivity contribution is 0.0733. The van der Waals surface area contributed by atoms with Gasteiger partial charge in [0.25, 0.3) is 0 Å². The van der Waals surface area contributed by atoms with Crippen molar-refractivity contribution in [2.24, 2.45) is 0 Å². The summed E-state index contributed by atoms with van der Waals surface area (Å²) in [6.07, 6.45) is 0. The van der Waals surface area contributed by atoms with E-state index in [1.807, 2.05) is 0 Å². The second kappa shape index (κ2) is 7.40. The number of carbonyl (C=O) groups is 2. The summed E-state index contributed by atoms with van der Waals surface area (Å²) in [6, 6.07) is 19.2. The van der Waals surface area contributed by atoms with E-state index in [0.717, 1.165) is 0 Å². The van der Waals surface area contributed by atoms with Gasteiger partial charge in [-0.05, 0) is 48.5 Å². The second-order valence-electron chi connectivity index (χ2n) is 5.46. The van der Waals surface area contributed by atoms with Crippen molar-refractivity contribution in [3.8, 4) is 11.5 Å². The van der Waals surface area contributed by atoms with E-state index in [-0.39, 0.29) is 17.1 Å². The Morgan fingerprint density at radius 1 is 0.692 bits per heavy atom. The maximum atomic E-state index is 12.2. The minimum atomic E-state index is -0.592.